The van der Waals surface area contributed by atoms with Gasteiger partial charge in [0.2, 0.25) is 15.9 Å². The highest BCUT2D eigenvalue weighted by molar-refractivity contribution is 7.89. The fourth-order valence-corrected chi connectivity index (χ4v) is 5.62. The lowest BCUT2D eigenvalue weighted by Crippen LogP contribution is -2.39. The van der Waals surface area contributed by atoms with Gasteiger partial charge in [-0.1, -0.05) is 0 Å². The van der Waals surface area contributed by atoms with E-state index < -0.39 is 15.8 Å². The zero-order valence-corrected chi connectivity index (χ0v) is 20.1. The molecule has 2 heterocycles. The van der Waals surface area contributed by atoms with Gasteiger partial charge < -0.3 is 19.2 Å². The molecule has 0 spiro atoms. The summed E-state index contributed by atoms with van der Waals surface area (Å²) in [4.78, 5) is 24.3. The highest BCUT2D eigenvalue weighted by Crippen LogP contribution is 2.29. The van der Waals surface area contributed by atoms with Crippen molar-refractivity contribution in [1.29, 1.82) is 0 Å². The average Bonchev–Trinajstić information content (AvgIpc) is 3.11. The third kappa shape index (κ3) is 4.80. The molecule has 1 aromatic heterocycles. The van der Waals surface area contributed by atoms with Crippen LogP contribution < -0.4 is 20.5 Å². The summed E-state index contributed by atoms with van der Waals surface area (Å²) in [6.45, 7) is 0.619. The molecule has 3 aromatic rings. The predicted octanol–water partition coefficient (Wildman–Crippen LogP) is 2.58. The first-order chi connectivity index (χ1) is 16.2. The average molecular weight is 490 g/mol. The van der Waals surface area contributed by atoms with Crippen LogP contribution in [0.25, 0.3) is 11.1 Å². The van der Waals surface area contributed by atoms with Gasteiger partial charge in [0.05, 0.1) is 24.6 Å². The lowest BCUT2D eigenvalue weighted by atomic mass is 9.94. The van der Waals surface area contributed by atoms with Gasteiger partial charge in [0.25, 0.3) is 0 Å². The number of carbonyl (C=O) groups is 1. The second-order valence-corrected chi connectivity index (χ2v) is 10.2. The number of anilines is 1. The molecule has 1 fully saturated rings. The number of nitrogens with one attached hydrogen (secondary N) is 1. The quantitative estimate of drug-likeness (QED) is 0.542. The van der Waals surface area contributed by atoms with E-state index in [0.717, 1.165) is 0 Å². The molecule has 1 saturated heterocycles. The molecule has 11 heteroatoms. The van der Waals surface area contributed by atoms with Crippen LogP contribution in [0.5, 0.6) is 11.5 Å². The van der Waals surface area contributed by atoms with Crippen molar-refractivity contribution in [3.8, 4) is 11.5 Å². The number of nitrogens with zero attached hydrogens (tertiary/aromatic N) is 2. The lowest BCUT2D eigenvalue weighted by Gasteiger charge is -2.31. The number of hydrogen-bond donors (Lipinski definition) is 1. The summed E-state index contributed by atoms with van der Waals surface area (Å²) in [6.07, 6.45) is 1.42. The molecule has 0 atom stereocenters. The number of oxazole rings is 1. The number of carbonyl (C=O) groups excluding carboxylic acids is 1. The molecule has 182 valence electrons. The maximum Gasteiger partial charge on any atom is 0.419 e. The zero-order chi connectivity index (χ0) is 24.5. The van der Waals surface area contributed by atoms with Crippen LogP contribution in [0.4, 0.5) is 5.69 Å². The van der Waals surface area contributed by atoms with E-state index in [-0.39, 0.29) is 28.7 Å². The number of rotatable bonds is 7. The van der Waals surface area contributed by atoms with Crippen molar-refractivity contribution in [3.63, 3.8) is 0 Å². The second kappa shape index (κ2) is 9.51. The van der Waals surface area contributed by atoms with E-state index in [1.165, 1.54) is 35.2 Å². The van der Waals surface area contributed by atoms with E-state index in [2.05, 4.69) is 5.32 Å². The largest absolute Gasteiger partial charge is 0.497 e. The Morgan fingerprint density at radius 2 is 1.74 bits per heavy atom. The third-order valence-electron chi connectivity index (χ3n) is 6.08. The molecule has 0 radical (unpaired) electrons. The molecule has 0 unspecified atom stereocenters. The van der Waals surface area contributed by atoms with Crippen LogP contribution in [0.15, 0.2) is 50.5 Å². The predicted molar refractivity (Wildman–Crippen MR) is 126 cm³/mol. The molecule has 1 amide bonds. The van der Waals surface area contributed by atoms with Crippen LogP contribution in [0, 0.1) is 5.92 Å². The van der Waals surface area contributed by atoms with Crippen molar-refractivity contribution in [2.24, 2.45) is 13.0 Å². The minimum absolute atomic E-state index is 0.0635. The first-order valence-corrected chi connectivity index (χ1v) is 12.3. The summed E-state index contributed by atoms with van der Waals surface area (Å²) >= 11 is 0. The maximum atomic E-state index is 13.1. The van der Waals surface area contributed by atoms with Gasteiger partial charge in [0, 0.05) is 56.5 Å². The Morgan fingerprint density at radius 1 is 1.09 bits per heavy atom. The van der Waals surface area contributed by atoms with Crippen LogP contribution >= 0.6 is 0 Å². The number of sulfonamides is 1. The Balaban J connectivity index is 1.37. The van der Waals surface area contributed by atoms with Crippen molar-refractivity contribution in [1.82, 2.24) is 8.87 Å². The number of piperidine rings is 1. The Bertz CT molecular complexity index is 1350. The molecule has 1 aliphatic rings. The normalized spacial score (nSPS) is 15.4. The van der Waals surface area contributed by atoms with E-state index in [1.54, 1.807) is 31.3 Å². The number of fused-ring (bicyclic) bond motifs is 1. The Morgan fingerprint density at radius 3 is 2.35 bits per heavy atom. The van der Waals surface area contributed by atoms with Crippen LogP contribution in [-0.4, -0.2) is 50.5 Å². The van der Waals surface area contributed by atoms with Crippen LogP contribution in [0.2, 0.25) is 0 Å². The number of aromatic nitrogens is 1. The van der Waals surface area contributed by atoms with Crippen molar-refractivity contribution < 1.29 is 27.1 Å². The second-order valence-electron chi connectivity index (χ2n) is 8.26. The van der Waals surface area contributed by atoms with Gasteiger partial charge in [-0.3, -0.25) is 9.36 Å². The number of amides is 1. The molecular formula is C23H27N3O7S. The molecule has 0 bridgehead atoms. The van der Waals surface area contributed by atoms with Gasteiger partial charge in [0.1, 0.15) is 11.5 Å². The third-order valence-corrected chi connectivity index (χ3v) is 7.98. The van der Waals surface area contributed by atoms with Crippen LogP contribution in [-0.2, 0) is 21.9 Å². The van der Waals surface area contributed by atoms with Crippen molar-refractivity contribution in [2.45, 2.75) is 24.2 Å². The Hall–Kier alpha value is -3.31. The summed E-state index contributed by atoms with van der Waals surface area (Å²) in [5.74, 6) is 0.507. The first kappa shape index (κ1) is 23.8. The van der Waals surface area contributed by atoms with Crippen LogP contribution in [0.3, 0.4) is 0 Å². The monoisotopic (exact) mass is 489 g/mol. The van der Waals surface area contributed by atoms with Crippen molar-refractivity contribution in [2.75, 3.05) is 32.6 Å². The highest BCUT2D eigenvalue weighted by Gasteiger charge is 2.30. The van der Waals surface area contributed by atoms with Gasteiger partial charge in [-0.15, -0.1) is 0 Å². The number of ether oxygens (including phenoxy) is 2. The van der Waals surface area contributed by atoms with E-state index in [1.807, 2.05) is 0 Å². The van der Waals surface area contributed by atoms with Crippen molar-refractivity contribution in [3.05, 3.63) is 46.9 Å². The molecule has 2 aromatic carbocycles. The topological polar surface area (TPSA) is 120 Å². The number of aryl methyl sites for hydroxylation is 1. The summed E-state index contributed by atoms with van der Waals surface area (Å²) in [6, 6.07) is 9.57. The smallest absolute Gasteiger partial charge is 0.419 e. The molecule has 4 rings (SSSR count). The highest BCUT2D eigenvalue weighted by atomic mass is 32.2. The molecule has 0 aliphatic carbocycles. The van der Waals surface area contributed by atoms with Gasteiger partial charge in [-0.25, -0.2) is 13.2 Å². The lowest BCUT2D eigenvalue weighted by molar-refractivity contribution is -0.117. The Kier molecular flexibility index (Phi) is 6.67. The minimum Gasteiger partial charge on any atom is -0.497 e. The zero-order valence-electron chi connectivity index (χ0n) is 19.2. The fourth-order valence-electron chi connectivity index (χ4n) is 4.13. The van der Waals surface area contributed by atoms with Gasteiger partial charge in [-0.05, 0) is 30.9 Å². The summed E-state index contributed by atoms with van der Waals surface area (Å²) < 4.78 is 44.5. The fraction of sp³-hybridized carbons (Fsp3) is 0.391. The van der Waals surface area contributed by atoms with Gasteiger partial charge in [-0.2, -0.15) is 4.31 Å². The SMILES string of the molecule is COc1cc(NC(=O)CC2CCN(S(=O)(=O)c3ccc4c(c3)oc(=O)n4C)CC2)cc(OC)c1. The van der Waals surface area contributed by atoms with E-state index >= 15 is 0 Å². The number of methoxy groups -OCH3 is 2. The number of benzene rings is 2. The van der Waals surface area contributed by atoms with Crippen molar-refractivity contribution >= 4 is 32.7 Å². The Labute approximate surface area is 197 Å². The number of hydrogen-bond acceptors (Lipinski definition) is 7. The first-order valence-electron chi connectivity index (χ1n) is 10.8. The summed E-state index contributed by atoms with van der Waals surface area (Å²) in [7, 11) is 0.900. The molecule has 1 aliphatic heterocycles. The standard InChI is InChI=1S/C23H27N3O7S/c1-25-20-5-4-19(14-21(20)33-23(25)28)34(29,30)26-8-6-15(7-9-26)10-22(27)24-16-11-17(31-2)13-18(12-16)32-3/h4-5,11-15H,6-10H2,1-3H3,(H,24,27). The molecular weight excluding hydrogens is 462 g/mol. The molecule has 1 N–H and O–H groups in total. The maximum absolute atomic E-state index is 13.1. The van der Waals surface area contributed by atoms with Gasteiger partial charge >= 0.3 is 5.76 Å². The summed E-state index contributed by atoms with van der Waals surface area (Å²) in [5.41, 5.74) is 1.33. The van der Waals surface area contributed by atoms with Gasteiger partial charge in [0.15, 0.2) is 5.58 Å². The molecule has 34 heavy (non-hydrogen) atoms. The van der Waals surface area contributed by atoms with Crippen LogP contribution in [0.1, 0.15) is 19.3 Å². The van der Waals surface area contributed by atoms with E-state index in [4.69, 9.17) is 13.9 Å². The summed E-state index contributed by atoms with van der Waals surface area (Å²) in [5, 5.41) is 2.86. The molecule has 10 nitrogen and oxygen atoms in total. The van der Waals surface area contributed by atoms with E-state index in [0.29, 0.717) is 48.6 Å². The molecule has 0 saturated carbocycles. The minimum atomic E-state index is -3.74. The van der Waals surface area contributed by atoms with E-state index in [9.17, 15) is 18.0 Å².